The van der Waals surface area contributed by atoms with Gasteiger partial charge in [-0.3, -0.25) is 4.98 Å². The minimum atomic E-state index is 0. The SMILES string of the molecule is [Ir].[c-]1ccccc1-c1ccccn1.[c-]1ccccc1-c1nc2ccccc2o1. The fraction of sp³-hybridized carbons (Fsp3) is 0. The Morgan fingerprint density at radius 1 is 0.679 bits per heavy atom. The first-order chi connectivity index (χ1) is 13.4. The number of hydrogen-bond donors (Lipinski definition) is 0. The summed E-state index contributed by atoms with van der Waals surface area (Å²) in [4.78, 5) is 8.60. The van der Waals surface area contributed by atoms with Crippen molar-refractivity contribution in [3.8, 4) is 22.7 Å². The molecule has 0 atom stereocenters. The van der Waals surface area contributed by atoms with E-state index in [1.54, 1.807) is 6.20 Å². The second kappa shape index (κ2) is 9.75. The molecule has 28 heavy (non-hydrogen) atoms. The topological polar surface area (TPSA) is 38.9 Å². The van der Waals surface area contributed by atoms with Gasteiger partial charge < -0.3 is 9.40 Å². The number of hydrogen-bond acceptors (Lipinski definition) is 3. The number of rotatable bonds is 2. The summed E-state index contributed by atoms with van der Waals surface area (Å²) < 4.78 is 5.61. The number of fused-ring (bicyclic) bond motifs is 1. The van der Waals surface area contributed by atoms with Gasteiger partial charge in [-0.15, -0.1) is 66.2 Å². The monoisotopic (exact) mass is 541 g/mol. The number of oxazole rings is 1. The molecule has 0 aliphatic heterocycles. The van der Waals surface area contributed by atoms with E-state index in [2.05, 4.69) is 22.1 Å². The molecule has 3 nitrogen and oxygen atoms in total. The predicted molar refractivity (Wildman–Crippen MR) is 107 cm³/mol. The van der Waals surface area contributed by atoms with Crippen LogP contribution in [0.15, 0.2) is 102 Å². The Kier molecular flexibility index (Phi) is 6.85. The fourth-order valence-electron chi connectivity index (χ4n) is 2.59. The van der Waals surface area contributed by atoms with Crippen LogP contribution in [0.25, 0.3) is 33.8 Å². The molecule has 0 fully saturated rings. The van der Waals surface area contributed by atoms with Gasteiger partial charge >= 0.3 is 0 Å². The first-order valence-corrected chi connectivity index (χ1v) is 8.61. The average Bonchev–Trinajstić information content (AvgIpc) is 3.21. The molecule has 139 valence electrons. The number of benzene rings is 3. The Balaban J connectivity index is 0.000000159. The maximum absolute atomic E-state index is 5.61. The third-order valence-corrected chi connectivity index (χ3v) is 3.88. The molecule has 0 saturated carbocycles. The summed E-state index contributed by atoms with van der Waals surface area (Å²) in [5.41, 5.74) is 4.58. The van der Waals surface area contributed by atoms with Crippen molar-refractivity contribution in [2.45, 2.75) is 0 Å². The Bertz CT molecular complexity index is 1040. The third-order valence-electron chi connectivity index (χ3n) is 3.88. The summed E-state index contributed by atoms with van der Waals surface area (Å²) in [7, 11) is 0. The zero-order valence-electron chi connectivity index (χ0n) is 14.9. The molecule has 1 radical (unpaired) electrons. The van der Waals surface area contributed by atoms with Crippen LogP contribution in [-0.2, 0) is 20.1 Å². The number of aromatic nitrogens is 2. The maximum Gasteiger partial charge on any atom is 0.141 e. The van der Waals surface area contributed by atoms with Crippen LogP contribution in [0.5, 0.6) is 0 Å². The molecular formula is C24H16IrN2O-2. The van der Waals surface area contributed by atoms with Gasteiger partial charge in [-0.2, -0.15) is 0 Å². The summed E-state index contributed by atoms with van der Waals surface area (Å²) in [5, 5.41) is 0. The zero-order chi connectivity index (χ0) is 18.3. The summed E-state index contributed by atoms with van der Waals surface area (Å²) in [6.07, 6.45) is 1.79. The van der Waals surface area contributed by atoms with Crippen LogP contribution in [0.2, 0.25) is 0 Å². The molecule has 0 spiro atoms. The van der Waals surface area contributed by atoms with Crippen LogP contribution in [-0.4, -0.2) is 9.97 Å². The summed E-state index contributed by atoms with van der Waals surface area (Å²) in [5.74, 6) is 0.622. The molecule has 2 aromatic heterocycles. The molecule has 0 unspecified atom stereocenters. The van der Waals surface area contributed by atoms with Crippen molar-refractivity contribution in [1.82, 2.24) is 9.97 Å². The van der Waals surface area contributed by atoms with Crippen LogP contribution in [0.3, 0.4) is 0 Å². The van der Waals surface area contributed by atoms with Crippen LogP contribution >= 0.6 is 0 Å². The minimum absolute atomic E-state index is 0. The molecule has 2 heterocycles. The summed E-state index contributed by atoms with van der Waals surface area (Å²) >= 11 is 0. The Labute approximate surface area is 177 Å². The van der Waals surface area contributed by atoms with Gasteiger partial charge in [0.25, 0.3) is 0 Å². The molecule has 0 bridgehead atoms. The molecule has 0 saturated heterocycles. The van der Waals surface area contributed by atoms with Gasteiger partial charge in [-0.1, -0.05) is 29.8 Å². The number of pyridine rings is 1. The van der Waals surface area contributed by atoms with Gasteiger partial charge in [-0.25, -0.2) is 0 Å². The van der Waals surface area contributed by atoms with E-state index in [1.807, 2.05) is 91.0 Å². The first kappa shape index (κ1) is 19.7. The van der Waals surface area contributed by atoms with Crippen molar-refractivity contribution in [1.29, 1.82) is 0 Å². The predicted octanol–water partition coefficient (Wildman–Crippen LogP) is 5.84. The Hall–Kier alpha value is -3.07. The largest absolute Gasteiger partial charge is 0.481 e. The zero-order valence-corrected chi connectivity index (χ0v) is 17.3. The smallest absolute Gasteiger partial charge is 0.141 e. The summed E-state index contributed by atoms with van der Waals surface area (Å²) in [6.45, 7) is 0. The molecule has 0 amide bonds. The van der Waals surface area contributed by atoms with Gasteiger partial charge in [0, 0.05) is 26.3 Å². The van der Waals surface area contributed by atoms with Gasteiger partial charge in [0.2, 0.25) is 0 Å². The van der Waals surface area contributed by atoms with E-state index in [1.165, 1.54) is 0 Å². The van der Waals surface area contributed by atoms with Crippen LogP contribution in [0.1, 0.15) is 0 Å². The average molecular weight is 541 g/mol. The molecule has 5 rings (SSSR count). The van der Waals surface area contributed by atoms with E-state index < -0.39 is 0 Å². The van der Waals surface area contributed by atoms with E-state index in [0.717, 1.165) is 27.9 Å². The molecule has 0 aliphatic carbocycles. The van der Waals surface area contributed by atoms with E-state index in [-0.39, 0.29) is 20.1 Å². The van der Waals surface area contributed by atoms with Gasteiger partial charge in [0.15, 0.2) is 0 Å². The summed E-state index contributed by atoms with van der Waals surface area (Å²) in [6, 6.07) is 35.3. The minimum Gasteiger partial charge on any atom is -0.481 e. The third kappa shape index (κ3) is 4.80. The standard InChI is InChI=1S/C13H8NO.C11H8N.Ir/c1-2-6-10(7-3-1)13-14-11-8-4-5-9-12(11)15-13;1-2-6-10(7-3-1)11-8-4-5-9-12-11;/h1-6,8-9H;1-6,8-9H;/q2*-1;. The van der Waals surface area contributed by atoms with Crippen LogP contribution in [0.4, 0.5) is 0 Å². The number of nitrogens with zero attached hydrogens (tertiary/aromatic N) is 2. The Morgan fingerprint density at radius 2 is 1.36 bits per heavy atom. The van der Waals surface area contributed by atoms with Crippen molar-refractivity contribution >= 4 is 11.1 Å². The Morgan fingerprint density at radius 3 is 2.00 bits per heavy atom. The molecule has 0 N–H and O–H groups in total. The quantitative estimate of drug-likeness (QED) is 0.264. The van der Waals surface area contributed by atoms with Crippen LogP contribution < -0.4 is 0 Å². The van der Waals surface area contributed by atoms with E-state index >= 15 is 0 Å². The van der Waals surface area contributed by atoms with Crippen molar-refractivity contribution in [3.05, 3.63) is 109 Å². The van der Waals surface area contributed by atoms with Gasteiger partial charge in [0.1, 0.15) is 11.5 Å². The molecule has 5 aromatic rings. The molecule has 0 aliphatic rings. The normalized spacial score (nSPS) is 9.86. The second-order valence-electron chi connectivity index (χ2n) is 5.75. The van der Waals surface area contributed by atoms with Crippen molar-refractivity contribution in [2.75, 3.05) is 0 Å². The van der Waals surface area contributed by atoms with Crippen LogP contribution in [0, 0.1) is 12.1 Å². The fourth-order valence-corrected chi connectivity index (χ4v) is 2.59. The molecular weight excluding hydrogens is 524 g/mol. The molecule has 4 heteroatoms. The van der Waals surface area contributed by atoms with E-state index in [9.17, 15) is 0 Å². The second-order valence-corrected chi connectivity index (χ2v) is 5.75. The van der Waals surface area contributed by atoms with E-state index in [0.29, 0.717) is 5.89 Å². The van der Waals surface area contributed by atoms with Crippen molar-refractivity contribution in [2.24, 2.45) is 0 Å². The van der Waals surface area contributed by atoms with Gasteiger partial charge in [-0.05, 0) is 23.9 Å². The number of para-hydroxylation sites is 2. The maximum atomic E-state index is 5.61. The molecule has 3 aromatic carbocycles. The van der Waals surface area contributed by atoms with Gasteiger partial charge in [0.05, 0.1) is 5.52 Å². The van der Waals surface area contributed by atoms with Crippen molar-refractivity contribution < 1.29 is 24.5 Å². The van der Waals surface area contributed by atoms with Crippen molar-refractivity contribution in [3.63, 3.8) is 0 Å². The first-order valence-electron chi connectivity index (χ1n) is 8.61. The van der Waals surface area contributed by atoms with E-state index in [4.69, 9.17) is 4.42 Å².